The van der Waals surface area contributed by atoms with E-state index in [0.29, 0.717) is 50.7 Å². The highest BCUT2D eigenvalue weighted by atomic mass is 19.4. The number of carbonyl (C=O) groups excluding carboxylic acids is 8. The number of fused-ring (bicyclic) bond motifs is 4. The van der Waals surface area contributed by atoms with Gasteiger partial charge in [-0.3, -0.25) is 38.4 Å². The van der Waals surface area contributed by atoms with E-state index in [0.717, 1.165) is 146 Å². The lowest BCUT2D eigenvalue weighted by Gasteiger charge is -2.33. The van der Waals surface area contributed by atoms with Gasteiger partial charge in [-0.1, -0.05) is 293 Å². The van der Waals surface area contributed by atoms with Crippen molar-refractivity contribution in [3.05, 3.63) is 490 Å². The van der Waals surface area contributed by atoms with Gasteiger partial charge >= 0.3 is 6.18 Å². The van der Waals surface area contributed by atoms with Gasteiger partial charge in [-0.2, -0.15) is 13.2 Å². The van der Waals surface area contributed by atoms with Crippen LogP contribution in [0, 0.1) is 24.7 Å². The molecule has 22 rings (SSSR count). The topological polar surface area (TPSA) is 159 Å². The van der Waals surface area contributed by atoms with E-state index in [1.807, 2.05) is 220 Å². The van der Waals surface area contributed by atoms with Crippen molar-refractivity contribution >= 4 is 70.0 Å². The lowest BCUT2D eigenvalue weighted by Crippen LogP contribution is -2.41. The van der Waals surface area contributed by atoms with Gasteiger partial charge in [0.1, 0.15) is 16.9 Å². The maximum Gasteiger partial charge on any atom is 0.402 e. The van der Waals surface area contributed by atoms with Gasteiger partial charge in [-0.25, -0.2) is 19.6 Å². The first-order valence-electron chi connectivity index (χ1n) is 46.1. The van der Waals surface area contributed by atoms with Crippen LogP contribution < -0.4 is 24.3 Å². The highest BCUT2D eigenvalue weighted by Crippen LogP contribution is 2.56. The van der Waals surface area contributed by atoms with Crippen molar-refractivity contribution in [2.75, 3.05) is 19.6 Å². The smallest absolute Gasteiger partial charge is 0.402 e. The molecule has 13 nitrogen and oxygen atoms in total. The van der Waals surface area contributed by atoms with Crippen LogP contribution in [0.1, 0.15) is 137 Å². The van der Waals surface area contributed by atoms with E-state index < -0.39 is 64.3 Å². The fraction of sp³-hybridized carbons (Fsp3) is 0.0476. The van der Waals surface area contributed by atoms with Crippen LogP contribution in [-0.2, 0) is 10.8 Å². The first-order valence-corrected chi connectivity index (χ1v) is 46.1. The molecule has 0 fully saturated rings. The van der Waals surface area contributed by atoms with E-state index in [9.17, 15) is 28.8 Å². The Morgan fingerprint density at radius 2 is 0.458 bits per heavy atom. The second-order valence-electron chi connectivity index (χ2n) is 36.1. The van der Waals surface area contributed by atoms with Crippen LogP contribution in [0.2, 0.25) is 0 Å². The number of anilines is 4. The molecule has 0 saturated carbocycles. The van der Waals surface area contributed by atoms with Gasteiger partial charge in [0.15, 0.2) is 0 Å². The molecule has 0 N–H and O–H groups in total. The number of ether oxygens (including phenoxy) is 1. The van der Waals surface area contributed by atoms with Gasteiger partial charge in [-0.05, 0) is 286 Å². The first kappa shape index (κ1) is 88.5. The van der Waals surface area contributed by atoms with Crippen molar-refractivity contribution in [3.63, 3.8) is 0 Å². The van der Waals surface area contributed by atoms with Crippen molar-refractivity contribution in [3.8, 4) is 147 Å². The highest BCUT2D eigenvalue weighted by molar-refractivity contribution is 6.37. The summed E-state index contributed by atoms with van der Waals surface area (Å²) in [6, 6.07) is 126. The standard InChI is InChI=1S/C126H79F3N4O9/c1-6-76-30-26-46-92(66-76)130-116(134)98-62-54-88(70-106(98)120(130)138)124(3,4)89-55-63-99-107(71-89)121(139)132(118(99)136)94-48-28-44-86(68-94)104-74-102(78-32-14-8-15-33-78)112(114(82-40-22-12-23-41-82)110(104)80-36-18-10-19-37-80)84-50-58-96(59-51-84)142-97-60-52-85(53-61-97)113-103(79-34-16-9-17-35-79)75-105(111(81-38-20-11-21-39-81)115(113)83-42-24-13-25-43-83)87-45-29-49-95(69-87)133-119(137)101-65-57-91(73-109(101)123(133)141)125(5,126(127,128)129)90-56-64-100-108(72-90)122(140)131(117(100)135)93-47-27-31-77(7-2)67-93/h1-2,8-75H,3-5H3. The van der Waals surface area contributed by atoms with Crippen LogP contribution in [0.15, 0.2) is 413 Å². The van der Waals surface area contributed by atoms with Crippen molar-refractivity contribution in [1.82, 2.24) is 0 Å². The van der Waals surface area contributed by atoms with Crippen molar-refractivity contribution in [2.45, 2.75) is 37.8 Å². The molecule has 18 aromatic rings. The zero-order chi connectivity index (χ0) is 97.7. The van der Waals surface area contributed by atoms with Crippen molar-refractivity contribution < 1.29 is 56.3 Å². The maximum atomic E-state index is 16.1. The molecule has 4 aliphatic heterocycles. The molecule has 0 radical (unpaired) electrons. The minimum Gasteiger partial charge on any atom is -0.457 e. The summed E-state index contributed by atoms with van der Waals surface area (Å²) in [6.45, 7) is 4.89. The molecule has 8 amide bonds. The number of alkyl halides is 3. The molecule has 0 bridgehead atoms. The SMILES string of the molecule is C#Cc1cccc(N2C(=O)c3ccc(C(C)(C)c4ccc5c(c4)C(=O)N(c4cccc(-c6cc(-c7ccccc7)c(-c7ccc(Oc8ccc(-c9c(-c%10ccccc%10)cc(-c%10cccc(N%11C(=O)c%12ccc(C(C)(c%13ccc%14c(c%13)C(=O)N(c%13cccc(C#C)c%13)C%14=O)C(F)(F)F)cc%12C%11=O)c%10)c(-c%10ccccc%10)c9-c9ccccc9)cc8)cc7)c(-c7ccccc7)c6-c6ccccc6)c4)C5=O)cc3C2=O)c1. The molecule has 1 atom stereocenters. The third-order valence-corrected chi connectivity index (χ3v) is 27.7. The number of hydrogen-bond donors (Lipinski definition) is 0. The summed E-state index contributed by atoms with van der Waals surface area (Å²) in [4.78, 5) is 120. The molecule has 16 heteroatoms. The summed E-state index contributed by atoms with van der Waals surface area (Å²) in [5, 5.41) is 0. The average Bonchev–Trinajstić information content (AvgIpc) is 1.10. The first-order chi connectivity index (χ1) is 68.9. The summed E-state index contributed by atoms with van der Waals surface area (Å²) in [5.74, 6) is 1.07. The molecule has 678 valence electrons. The number of benzene rings is 18. The van der Waals surface area contributed by atoms with Crippen molar-refractivity contribution in [2.24, 2.45) is 0 Å². The van der Waals surface area contributed by atoms with Gasteiger partial charge < -0.3 is 4.74 Å². The Balaban J connectivity index is 0.591. The van der Waals surface area contributed by atoms with Gasteiger partial charge in [0.05, 0.1) is 67.3 Å². The van der Waals surface area contributed by atoms with E-state index in [1.54, 1.807) is 84.9 Å². The molecule has 4 aliphatic rings. The van der Waals surface area contributed by atoms with Crippen LogP contribution >= 0.6 is 0 Å². The summed E-state index contributed by atoms with van der Waals surface area (Å²) in [5.41, 5.74) is 16.3. The second kappa shape index (κ2) is 35.1. The van der Waals surface area contributed by atoms with E-state index in [2.05, 4.69) is 84.6 Å². The average molecular weight is 1850 g/mol. The number of amides is 8. The Morgan fingerprint density at radius 1 is 0.218 bits per heavy atom. The molecule has 0 spiro atoms. The molecule has 0 aromatic heterocycles. The Morgan fingerprint density at radius 3 is 0.754 bits per heavy atom. The second-order valence-corrected chi connectivity index (χ2v) is 36.1. The molecular weight excluding hydrogens is 1770 g/mol. The number of rotatable bonds is 20. The van der Waals surface area contributed by atoms with Crippen LogP contribution in [0.4, 0.5) is 35.9 Å². The van der Waals surface area contributed by atoms with E-state index in [4.69, 9.17) is 17.6 Å². The number of carbonyl (C=O) groups is 8. The van der Waals surface area contributed by atoms with Crippen LogP contribution in [0.5, 0.6) is 11.5 Å². The molecule has 0 saturated heterocycles. The van der Waals surface area contributed by atoms with Crippen LogP contribution in [0.25, 0.3) is 111 Å². The van der Waals surface area contributed by atoms with Gasteiger partial charge in [0.2, 0.25) is 0 Å². The predicted octanol–water partition coefficient (Wildman–Crippen LogP) is 28.5. The maximum absolute atomic E-state index is 16.1. The summed E-state index contributed by atoms with van der Waals surface area (Å²) >= 11 is 0. The Bertz CT molecular complexity index is 8460. The largest absolute Gasteiger partial charge is 0.457 e. The normalized spacial score (nSPS) is 13.7. The Kier molecular flexibility index (Phi) is 21.9. The van der Waals surface area contributed by atoms with Crippen LogP contribution in [-0.4, -0.2) is 53.4 Å². The zero-order valence-corrected chi connectivity index (χ0v) is 76.5. The highest BCUT2D eigenvalue weighted by Gasteiger charge is 2.56. The predicted molar refractivity (Wildman–Crippen MR) is 551 cm³/mol. The number of nitrogens with zero attached hydrogens (tertiary/aromatic N) is 4. The van der Waals surface area contributed by atoms with E-state index in [1.165, 1.54) is 35.2 Å². The monoisotopic (exact) mass is 1850 g/mol. The quantitative estimate of drug-likeness (QED) is 0.0535. The summed E-state index contributed by atoms with van der Waals surface area (Å²) in [7, 11) is 0. The van der Waals surface area contributed by atoms with Crippen molar-refractivity contribution in [1.29, 1.82) is 0 Å². The summed E-state index contributed by atoms with van der Waals surface area (Å²) < 4.78 is 55.3. The van der Waals surface area contributed by atoms with Crippen LogP contribution in [0.3, 0.4) is 0 Å². The lowest BCUT2D eigenvalue weighted by atomic mass is 9.74. The molecule has 18 aromatic carbocycles. The molecule has 1 unspecified atom stereocenters. The van der Waals surface area contributed by atoms with E-state index >= 15 is 22.8 Å². The van der Waals surface area contributed by atoms with E-state index in [-0.39, 0.29) is 67.0 Å². The third-order valence-electron chi connectivity index (χ3n) is 27.7. The van der Waals surface area contributed by atoms with Gasteiger partial charge in [0.25, 0.3) is 47.3 Å². The summed E-state index contributed by atoms with van der Waals surface area (Å²) in [6.07, 6.45) is 6.28. The minimum atomic E-state index is -5.05. The van der Waals surface area contributed by atoms with Gasteiger partial charge in [0, 0.05) is 16.5 Å². The minimum absolute atomic E-state index is 0.0966. The third kappa shape index (κ3) is 15.0. The molecule has 142 heavy (non-hydrogen) atoms. The number of terminal acetylenes is 2. The Hall–Kier alpha value is -18.8. The fourth-order valence-corrected chi connectivity index (χ4v) is 20.3. The lowest BCUT2D eigenvalue weighted by molar-refractivity contribution is -0.173. The molecule has 0 aliphatic carbocycles. The number of hydrogen-bond acceptors (Lipinski definition) is 9. The zero-order valence-electron chi connectivity index (χ0n) is 76.5. The fourth-order valence-electron chi connectivity index (χ4n) is 20.3. The van der Waals surface area contributed by atoms with Gasteiger partial charge in [-0.15, -0.1) is 12.8 Å². The Labute approximate surface area is 816 Å². The number of halogens is 3. The molecular formula is C126H79F3N4O9. The molecule has 4 heterocycles. The number of imide groups is 4.